The first-order valence-corrected chi connectivity index (χ1v) is 6.12. The van der Waals surface area contributed by atoms with Crippen molar-refractivity contribution in [3.63, 3.8) is 0 Å². The average molecular weight is 263 g/mol. The Hall–Kier alpha value is -1.61. The number of benzene rings is 1. The third-order valence-corrected chi connectivity index (χ3v) is 3.38. The van der Waals surface area contributed by atoms with Gasteiger partial charge in [0.05, 0.1) is 16.9 Å². The van der Waals surface area contributed by atoms with Gasteiger partial charge in [-0.15, -0.1) is 0 Å². The normalized spacial score (nSPS) is 10.7. The highest BCUT2D eigenvalue weighted by atomic mass is 35.5. The maximum Gasteiger partial charge on any atom is 0.155 e. The third-order valence-electron chi connectivity index (χ3n) is 3.01. The van der Waals surface area contributed by atoms with Gasteiger partial charge >= 0.3 is 0 Å². The van der Waals surface area contributed by atoms with E-state index in [2.05, 4.69) is 24.2 Å². The van der Waals surface area contributed by atoms with Crippen molar-refractivity contribution in [2.24, 2.45) is 0 Å². The lowest BCUT2D eigenvalue weighted by atomic mass is 10.1. The predicted molar refractivity (Wildman–Crippen MR) is 72.9 cm³/mol. The molecule has 0 aliphatic rings. The van der Waals surface area contributed by atoms with E-state index >= 15 is 0 Å². The molecule has 18 heavy (non-hydrogen) atoms. The molecule has 0 saturated carbocycles. The summed E-state index contributed by atoms with van der Waals surface area (Å²) in [6.07, 6.45) is 0.750. The average Bonchev–Trinajstić information content (AvgIpc) is 2.53. The van der Waals surface area contributed by atoms with Crippen molar-refractivity contribution in [1.82, 2.24) is 9.78 Å². The lowest BCUT2D eigenvalue weighted by Gasteiger charge is -2.12. The fourth-order valence-corrected chi connectivity index (χ4v) is 2.60. The molecule has 94 valence electrons. The summed E-state index contributed by atoms with van der Waals surface area (Å²) in [7, 11) is 0. The number of hydrogen-bond acceptors (Lipinski definition) is 2. The van der Waals surface area contributed by atoms with Crippen molar-refractivity contribution >= 4 is 17.9 Å². The Morgan fingerprint density at radius 2 is 1.72 bits per heavy atom. The van der Waals surface area contributed by atoms with Crippen LogP contribution in [0.5, 0.6) is 0 Å². The second-order valence-corrected chi connectivity index (χ2v) is 4.92. The fraction of sp³-hybridized carbons (Fsp3) is 0.286. The number of nitrogens with zero attached hydrogens (tertiary/aromatic N) is 2. The first kappa shape index (κ1) is 12.8. The molecule has 0 saturated heterocycles. The van der Waals surface area contributed by atoms with Gasteiger partial charge in [0.1, 0.15) is 5.15 Å². The van der Waals surface area contributed by atoms with E-state index in [1.54, 1.807) is 11.6 Å². The SMILES string of the molecule is Cc1cc(C)c(-n2nc(C)c(C=O)c2Cl)c(C)c1. The quantitative estimate of drug-likeness (QED) is 0.776. The Balaban J connectivity index is 2.74. The van der Waals surface area contributed by atoms with Crippen molar-refractivity contribution in [1.29, 1.82) is 0 Å². The van der Waals surface area contributed by atoms with Gasteiger partial charge in [-0.05, 0) is 38.8 Å². The molecule has 0 atom stereocenters. The van der Waals surface area contributed by atoms with Gasteiger partial charge in [-0.25, -0.2) is 4.68 Å². The van der Waals surface area contributed by atoms with Crippen LogP contribution in [-0.4, -0.2) is 16.1 Å². The summed E-state index contributed by atoms with van der Waals surface area (Å²) in [5.74, 6) is 0. The Morgan fingerprint density at radius 1 is 1.17 bits per heavy atom. The molecule has 0 N–H and O–H groups in total. The van der Waals surface area contributed by atoms with Crippen molar-refractivity contribution in [3.8, 4) is 5.69 Å². The van der Waals surface area contributed by atoms with Crippen molar-refractivity contribution in [2.75, 3.05) is 0 Å². The number of hydrogen-bond donors (Lipinski definition) is 0. The van der Waals surface area contributed by atoms with Crippen LogP contribution in [0.3, 0.4) is 0 Å². The summed E-state index contributed by atoms with van der Waals surface area (Å²) >= 11 is 6.22. The van der Waals surface area contributed by atoms with E-state index in [1.165, 1.54) is 5.56 Å². The van der Waals surface area contributed by atoms with Crippen LogP contribution >= 0.6 is 11.6 Å². The molecule has 0 amide bonds. The van der Waals surface area contributed by atoms with E-state index in [9.17, 15) is 4.79 Å². The number of aldehydes is 1. The molecule has 0 fully saturated rings. The van der Waals surface area contributed by atoms with Crippen LogP contribution in [0.1, 0.15) is 32.7 Å². The molecule has 1 aromatic heterocycles. The predicted octanol–water partition coefficient (Wildman–Crippen LogP) is 3.57. The van der Waals surface area contributed by atoms with Crippen LogP contribution in [0.25, 0.3) is 5.69 Å². The highest BCUT2D eigenvalue weighted by Gasteiger charge is 2.16. The van der Waals surface area contributed by atoms with Crippen LogP contribution in [0.15, 0.2) is 12.1 Å². The van der Waals surface area contributed by atoms with Crippen LogP contribution < -0.4 is 0 Å². The van der Waals surface area contributed by atoms with Crippen LogP contribution in [0.4, 0.5) is 0 Å². The van der Waals surface area contributed by atoms with Gasteiger partial charge in [-0.3, -0.25) is 4.79 Å². The zero-order valence-electron chi connectivity index (χ0n) is 10.9. The number of halogens is 1. The maximum absolute atomic E-state index is 11.0. The molecule has 3 nitrogen and oxygen atoms in total. The number of carbonyl (C=O) groups excluding carboxylic acids is 1. The topological polar surface area (TPSA) is 34.9 Å². The van der Waals surface area contributed by atoms with Gasteiger partial charge in [-0.1, -0.05) is 29.3 Å². The minimum Gasteiger partial charge on any atom is -0.298 e. The van der Waals surface area contributed by atoms with Crippen LogP contribution in [-0.2, 0) is 0 Å². The van der Waals surface area contributed by atoms with Gasteiger partial charge in [-0.2, -0.15) is 5.10 Å². The van der Waals surface area contributed by atoms with Crippen LogP contribution in [0, 0.1) is 27.7 Å². The summed E-state index contributed by atoms with van der Waals surface area (Å²) in [4.78, 5) is 11.0. The van der Waals surface area contributed by atoms with Gasteiger partial charge in [0.15, 0.2) is 6.29 Å². The van der Waals surface area contributed by atoms with Crippen LogP contribution in [0.2, 0.25) is 5.15 Å². The minimum atomic E-state index is 0.373. The fourth-order valence-electron chi connectivity index (χ4n) is 2.30. The Morgan fingerprint density at radius 3 is 2.17 bits per heavy atom. The minimum absolute atomic E-state index is 0.373. The molecule has 0 bridgehead atoms. The molecule has 0 spiro atoms. The van der Waals surface area contributed by atoms with E-state index in [4.69, 9.17) is 11.6 Å². The van der Waals surface area contributed by atoms with Gasteiger partial charge < -0.3 is 0 Å². The molecule has 2 aromatic rings. The number of aryl methyl sites for hydroxylation is 4. The number of rotatable bonds is 2. The van der Waals surface area contributed by atoms with Gasteiger partial charge in [0.2, 0.25) is 0 Å². The second kappa shape index (κ2) is 4.58. The largest absolute Gasteiger partial charge is 0.298 e. The van der Waals surface area contributed by atoms with Crippen molar-refractivity contribution in [2.45, 2.75) is 27.7 Å². The first-order valence-electron chi connectivity index (χ1n) is 5.74. The lowest BCUT2D eigenvalue weighted by molar-refractivity contribution is 0.112. The smallest absolute Gasteiger partial charge is 0.155 e. The summed E-state index contributed by atoms with van der Waals surface area (Å²) in [6.45, 7) is 7.87. The highest BCUT2D eigenvalue weighted by Crippen LogP contribution is 2.27. The van der Waals surface area contributed by atoms with Gasteiger partial charge in [0.25, 0.3) is 0 Å². The summed E-state index contributed by atoms with van der Waals surface area (Å²) < 4.78 is 1.64. The molecule has 4 heteroatoms. The summed E-state index contributed by atoms with van der Waals surface area (Å²) in [6, 6.07) is 4.16. The molecule has 0 unspecified atom stereocenters. The first-order chi connectivity index (χ1) is 8.45. The van der Waals surface area contributed by atoms with E-state index in [0.29, 0.717) is 16.4 Å². The summed E-state index contributed by atoms with van der Waals surface area (Å²) in [5.41, 5.74) is 5.43. The number of carbonyl (C=O) groups is 1. The molecule has 0 aliphatic heterocycles. The second-order valence-electron chi connectivity index (χ2n) is 4.57. The Bertz CT molecular complexity index is 606. The van der Waals surface area contributed by atoms with Crippen molar-refractivity contribution in [3.05, 3.63) is 45.2 Å². The maximum atomic E-state index is 11.0. The molecule has 2 rings (SSSR count). The molecular formula is C14H15ClN2O. The zero-order chi connectivity index (χ0) is 13.4. The monoisotopic (exact) mass is 262 g/mol. The lowest BCUT2D eigenvalue weighted by Crippen LogP contribution is -2.03. The van der Waals surface area contributed by atoms with E-state index in [-0.39, 0.29) is 0 Å². The molecule has 1 heterocycles. The number of aromatic nitrogens is 2. The summed E-state index contributed by atoms with van der Waals surface area (Å²) in [5, 5.41) is 4.73. The highest BCUT2D eigenvalue weighted by molar-refractivity contribution is 6.32. The molecular weight excluding hydrogens is 248 g/mol. The standard InChI is InChI=1S/C14H15ClN2O/c1-8-5-9(2)13(10(3)6-8)17-14(15)12(7-18)11(4)16-17/h5-7H,1-4H3. The van der Waals surface area contributed by atoms with E-state index in [1.807, 2.05) is 13.8 Å². The van der Waals surface area contributed by atoms with E-state index in [0.717, 1.165) is 23.1 Å². The molecule has 1 aromatic carbocycles. The molecule has 0 aliphatic carbocycles. The Kier molecular flexibility index (Phi) is 3.26. The van der Waals surface area contributed by atoms with E-state index < -0.39 is 0 Å². The van der Waals surface area contributed by atoms with Crippen molar-refractivity contribution < 1.29 is 4.79 Å². The zero-order valence-corrected chi connectivity index (χ0v) is 11.7. The van der Waals surface area contributed by atoms with Gasteiger partial charge in [0, 0.05) is 0 Å². The third kappa shape index (κ3) is 1.95. The molecule has 0 radical (unpaired) electrons. The Labute approximate surface area is 111 Å².